The lowest BCUT2D eigenvalue weighted by Crippen LogP contribution is -2.51. The normalized spacial score (nSPS) is 16.4. The Morgan fingerprint density at radius 2 is 1.54 bits per heavy atom. The molecule has 1 fully saturated rings. The highest BCUT2D eigenvalue weighted by atomic mass is 19.4. The Labute approximate surface area is 209 Å². The van der Waals surface area contributed by atoms with E-state index in [9.17, 15) is 27.2 Å². The Morgan fingerprint density at radius 3 is 2.05 bits per heavy atom. The van der Waals surface area contributed by atoms with E-state index >= 15 is 0 Å². The van der Waals surface area contributed by atoms with Crippen LogP contribution in [0.5, 0.6) is 5.75 Å². The van der Waals surface area contributed by atoms with Gasteiger partial charge in [-0.05, 0) is 59.7 Å². The molecule has 0 radical (unpaired) electrons. The molecule has 37 heavy (non-hydrogen) atoms. The molecule has 0 bridgehead atoms. The Kier molecular flexibility index (Phi) is 7.89. The van der Waals surface area contributed by atoms with Crippen LogP contribution in [0, 0.1) is 23.1 Å². The number of nitrogens with zero attached hydrogens (tertiary/aromatic N) is 3. The van der Waals surface area contributed by atoms with Gasteiger partial charge in [-0.25, -0.2) is 13.8 Å². The molecule has 1 aliphatic heterocycles. The van der Waals surface area contributed by atoms with Crippen molar-refractivity contribution < 1.29 is 31.4 Å². The second-order valence-corrected chi connectivity index (χ2v) is 8.15. The predicted octanol–water partition coefficient (Wildman–Crippen LogP) is 5.45. The van der Waals surface area contributed by atoms with Crippen molar-refractivity contribution in [3.63, 3.8) is 0 Å². The molecule has 6 nitrogen and oxygen atoms in total. The van der Waals surface area contributed by atoms with Crippen molar-refractivity contribution in [2.24, 2.45) is 4.99 Å². The lowest BCUT2D eigenvalue weighted by Gasteiger charge is -2.38. The maximum atomic E-state index is 13.6. The maximum absolute atomic E-state index is 13.6. The zero-order chi connectivity index (χ0) is 26.4. The van der Waals surface area contributed by atoms with Crippen LogP contribution in [0.4, 0.5) is 27.6 Å². The Bertz CT molecular complexity index is 1210. The van der Waals surface area contributed by atoms with Gasteiger partial charge in [0, 0.05) is 19.0 Å². The molecule has 0 saturated carbocycles. The van der Waals surface area contributed by atoms with E-state index in [1.165, 1.54) is 36.4 Å². The smallest absolute Gasteiger partial charge is 0.406 e. The summed E-state index contributed by atoms with van der Waals surface area (Å²) >= 11 is 0. The largest absolute Gasteiger partial charge is 0.573 e. The minimum atomic E-state index is -4.81. The molecule has 0 aliphatic carbocycles. The second-order valence-electron chi connectivity index (χ2n) is 8.15. The Hall–Kier alpha value is -4.17. The lowest BCUT2D eigenvalue weighted by molar-refractivity contribution is -0.274. The van der Waals surface area contributed by atoms with Gasteiger partial charge in [0.1, 0.15) is 17.4 Å². The number of halogens is 5. The lowest BCUT2D eigenvalue weighted by atomic mass is 9.85. The van der Waals surface area contributed by atoms with Gasteiger partial charge in [0.25, 0.3) is 0 Å². The number of alkyl halides is 3. The SMILES string of the molecule is N#CNC(=Nc1ccc(OC(F)(F)F)cc1)N1CCOC(C(c2ccc(F)cc2)c2ccc(F)cc2)C1. The van der Waals surface area contributed by atoms with Crippen LogP contribution in [-0.2, 0) is 4.74 Å². The van der Waals surface area contributed by atoms with Crippen molar-refractivity contribution in [2.45, 2.75) is 18.4 Å². The highest BCUT2D eigenvalue weighted by molar-refractivity contribution is 5.84. The third-order valence-electron chi connectivity index (χ3n) is 5.70. The number of morpholine rings is 1. The number of hydrogen-bond donors (Lipinski definition) is 1. The topological polar surface area (TPSA) is 69.9 Å². The Morgan fingerprint density at radius 1 is 0.973 bits per heavy atom. The minimum Gasteiger partial charge on any atom is -0.406 e. The van der Waals surface area contributed by atoms with Gasteiger partial charge < -0.3 is 14.4 Å². The van der Waals surface area contributed by atoms with E-state index in [2.05, 4.69) is 15.0 Å². The van der Waals surface area contributed by atoms with Gasteiger partial charge in [-0.2, -0.15) is 5.26 Å². The number of nitriles is 1. The number of aliphatic imine (C=N–C) groups is 1. The molecule has 1 heterocycles. The van der Waals surface area contributed by atoms with Crippen LogP contribution in [0.15, 0.2) is 77.8 Å². The first-order valence-electron chi connectivity index (χ1n) is 11.2. The van der Waals surface area contributed by atoms with E-state index < -0.39 is 29.9 Å². The quantitative estimate of drug-likeness (QED) is 0.161. The monoisotopic (exact) mass is 516 g/mol. The fourth-order valence-electron chi connectivity index (χ4n) is 4.10. The van der Waals surface area contributed by atoms with Crippen LogP contribution in [0.1, 0.15) is 17.0 Å². The van der Waals surface area contributed by atoms with Gasteiger partial charge in [-0.15, -0.1) is 13.2 Å². The van der Waals surface area contributed by atoms with Crippen molar-refractivity contribution in [3.8, 4) is 11.9 Å². The van der Waals surface area contributed by atoms with Gasteiger partial charge in [0.15, 0.2) is 6.19 Å². The van der Waals surface area contributed by atoms with Crippen molar-refractivity contribution in [2.75, 3.05) is 19.7 Å². The highest BCUT2D eigenvalue weighted by Crippen LogP contribution is 2.32. The first-order valence-corrected chi connectivity index (χ1v) is 11.2. The van der Waals surface area contributed by atoms with Crippen LogP contribution in [0.3, 0.4) is 0 Å². The molecule has 0 amide bonds. The molecule has 1 saturated heterocycles. The molecule has 1 N–H and O–H groups in total. The average molecular weight is 516 g/mol. The van der Waals surface area contributed by atoms with Crippen LogP contribution in [0.25, 0.3) is 0 Å². The summed E-state index contributed by atoms with van der Waals surface area (Å²) in [6.45, 7) is 0.912. The number of hydrogen-bond acceptors (Lipinski definition) is 4. The fourth-order valence-corrected chi connectivity index (χ4v) is 4.10. The zero-order valence-electron chi connectivity index (χ0n) is 19.3. The summed E-state index contributed by atoms with van der Waals surface area (Å²) in [5, 5.41) is 11.8. The van der Waals surface area contributed by atoms with Gasteiger partial charge in [0.05, 0.1) is 18.4 Å². The van der Waals surface area contributed by atoms with Gasteiger partial charge in [-0.3, -0.25) is 5.32 Å². The summed E-state index contributed by atoms with van der Waals surface area (Å²) in [4.78, 5) is 6.16. The summed E-state index contributed by atoms with van der Waals surface area (Å²) in [6, 6.07) is 16.8. The van der Waals surface area contributed by atoms with Gasteiger partial charge in [0.2, 0.25) is 5.96 Å². The number of ether oxygens (including phenoxy) is 2. The molecule has 0 spiro atoms. The molecule has 4 rings (SSSR count). The van der Waals surface area contributed by atoms with E-state index in [4.69, 9.17) is 4.74 Å². The second kappa shape index (κ2) is 11.3. The molecular weight excluding hydrogens is 495 g/mol. The highest BCUT2D eigenvalue weighted by Gasteiger charge is 2.33. The van der Waals surface area contributed by atoms with Crippen molar-refractivity contribution in [1.29, 1.82) is 5.26 Å². The molecule has 0 aromatic heterocycles. The molecule has 1 aliphatic rings. The number of rotatable bonds is 5. The zero-order valence-corrected chi connectivity index (χ0v) is 19.3. The van der Waals surface area contributed by atoms with E-state index in [0.29, 0.717) is 12.2 Å². The molecular formula is C26H21F5N4O2. The Balaban J connectivity index is 1.60. The van der Waals surface area contributed by atoms with Crippen LogP contribution in [-0.4, -0.2) is 43.0 Å². The first kappa shape index (κ1) is 25.9. The third-order valence-corrected chi connectivity index (χ3v) is 5.70. The van der Waals surface area contributed by atoms with E-state index in [-0.39, 0.29) is 25.0 Å². The van der Waals surface area contributed by atoms with Crippen LogP contribution >= 0.6 is 0 Å². The maximum Gasteiger partial charge on any atom is 0.573 e. The van der Waals surface area contributed by atoms with Crippen molar-refractivity contribution >= 4 is 11.6 Å². The molecule has 192 valence electrons. The summed E-state index contributed by atoms with van der Waals surface area (Å²) in [6.07, 6.45) is -3.46. The molecule has 1 atom stereocenters. The average Bonchev–Trinajstić information content (AvgIpc) is 2.87. The van der Waals surface area contributed by atoms with E-state index in [0.717, 1.165) is 23.3 Å². The summed E-state index contributed by atoms with van der Waals surface area (Å²) in [5.41, 5.74) is 1.81. The van der Waals surface area contributed by atoms with Gasteiger partial charge in [-0.1, -0.05) is 24.3 Å². The standard InChI is InChI=1S/C26H21F5N4O2/c27-19-5-1-17(2-6-19)24(18-3-7-20(28)8-4-18)23-15-35(13-14-36-23)25(33-16-32)34-21-9-11-22(12-10-21)37-26(29,30)31/h1-12,23-24H,13-15H2,(H,33,34). The van der Waals surface area contributed by atoms with Crippen LogP contribution < -0.4 is 10.1 Å². The molecule has 11 heteroatoms. The molecule has 1 unspecified atom stereocenters. The van der Waals surface area contributed by atoms with E-state index in [1.54, 1.807) is 29.2 Å². The predicted molar refractivity (Wildman–Crippen MR) is 125 cm³/mol. The van der Waals surface area contributed by atoms with E-state index in [1.807, 2.05) is 6.19 Å². The number of benzene rings is 3. The van der Waals surface area contributed by atoms with Crippen molar-refractivity contribution in [1.82, 2.24) is 10.2 Å². The summed E-state index contributed by atoms with van der Waals surface area (Å²) in [5.74, 6) is -1.39. The summed E-state index contributed by atoms with van der Waals surface area (Å²) < 4.78 is 74.4. The third kappa shape index (κ3) is 6.95. The number of nitrogens with one attached hydrogen (secondary N) is 1. The number of guanidine groups is 1. The van der Waals surface area contributed by atoms with Gasteiger partial charge >= 0.3 is 6.36 Å². The van der Waals surface area contributed by atoms with Crippen LogP contribution in [0.2, 0.25) is 0 Å². The molecule has 3 aromatic rings. The summed E-state index contributed by atoms with van der Waals surface area (Å²) in [7, 11) is 0. The molecule has 3 aromatic carbocycles. The fraction of sp³-hybridized carbons (Fsp3) is 0.231. The first-order chi connectivity index (χ1) is 17.7. The minimum absolute atomic E-state index is 0.178. The van der Waals surface area contributed by atoms with Crippen molar-refractivity contribution in [3.05, 3.63) is 95.6 Å².